The summed E-state index contributed by atoms with van der Waals surface area (Å²) in [5.41, 5.74) is 7.97. The Kier molecular flexibility index (Phi) is 7.45. The summed E-state index contributed by atoms with van der Waals surface area (Å²) in [6, 6.07) is 8.99. The highest BCUT2D eigenvalue weighted by molar-refractivity contribution is 5.68. The molecule has 1 aromatic rings. The minimum Gasteiger partial charge on any atom is -0.444 e. The molecular weight excluding hydrogens is 338 g/mol. The van der Waals surface area contributed by atoms with Crippen LogP contribution in [0, 0.1) is 0 Å². The molecule has 1 aromatic carbocycles. The van der Waals surface area contributed by atoms with Crippen LogP contribution in [0.3, 0.4) is 0 Å². The fourth-order valence-electron chi connectivity index (χ4n) is 3.40. The summed E-state index contributed by atoms with van der Waals surface area (Å²) in [4.78, 5) is 16.6. The standard InChI is InChI=1S/C22H35N3O2/c1-6-7-8-20(19-11-9-18(10-12-19)17(2)23)24-13-15-25(16-14-24)21(26)27-22(3,4)5/h6,9-12,17,20H,1,7-8,13-16,23H2,2-5H3/t17-,20?/m0/s1. The zero-order valence-corrected chi connectivity index (χ0v) is 17.3. The van der Waals surface area contributed by atoms with Crippen LogP contribution in [0.2, 0.25) is 0 Å². The molecule has 0 aromatic heterocycles. The fraction of sp³-hybridized carbons (Fsp3) is 0.591. The third-order valence-corrected chi connectivity index (χ3v) is 4.90. The Labute approximate surface area is 164 Å². The molecule has 27 heavy (non-hydrogen) atoms. The molecule has 0 radical (unpaired) electrons. The summed E-state index contributed by atoms with van der Waals surface area (Å²) in [5.74, 6) is 0. The zero-order chi connectivity index (χ0) is 20.0. The van der Waals surface area contributed by atoms with E-state index in [9.17, 15) is 4.79 Å². The number of hydrogen-bond donors (Lipinski definition) is 1. The van der Waals surface area contributed by atoms with Gasteiger partial charge in [-0.25, -0.2) is 4.79 Å². The van der Waals surface area contributed by atoms with E-state index in [1.807, 2.05) is 38.7 Å². The molecule has 0 saturated carbocycles. The Morgan fingerprint density at radius 3 is 2.22 bits per heavy atom. The van der Waals surface area contributed by atoms with Gasteiger partial charge >= 0.3 is 6.09 Å². The van der Waals surface area contributed by atoms with Crippen LogP contribution in [0.1, 0.15) is 63.7 Å². The average Bonchev–Trinajstić information content (AvgIpc) is 2.61. The number of nitrogens with zero attached hydrogens (tertiary/aromatic N) is 2. The van der Waals surface area contributed by atoms with Gasteiger partial charge in [-0.1, -0.05) is 30.3 Å². The smallest absolute Gasteiger partial charge is 0.410 e. The van der Waals surface area contributed by atoms with E-state index in [0.29, 0.717) is 19.1 Å². The second-order valence-electron chi connectivity index (χ2n) is 8.34. The molecule has 0 spiro atoms. The third-order valence-electron chi connectivity index (χ3n) is 4.90. The maximum absolute atomic E-state index is 12.3. The maximum atomic E-state index is 12.3. The number of carbonyl (C=O) groups is 1. The summed E-state index contributed by atoms with van der Waals surface area (Å²) in [5, 5.41) is 0. The van der Waals surface area contributed by atoms with Crippen molar-refractivity contribution in [1.82, 2.24) is 9.80 Å². The molecule has 1 fully saturated rings. The first-order valence-corrected chi connectivity index (χ1v) is 9.89. The van der Waals surface area contributed by atoms with Crippen molar-refractivity contribution in [2.24, 2.45) is 5.73 Å². The van der Waals surface area contributed by atoms with E-state index in [2.05, 4.69) is 35.7 Å². The van der Waals surface area contributed by atoms with Gasteiger partial charge in [0.15, 0.2) is 0 Å². The molecule has 2 N–H and O–H groups in total. The van der Waals surface area contributed by atoms with Gasteiger partial charge in [0.25, 0.3) is 0 Å². The summed E-state index contributed by atoms with van der Waals surface area (Å²) in [7, 11) is 0. The SMILES string of the molecule is C=CCCC(c1ccc([C@H](C)N)cc1)N1CCN(C(=O)OC(C)(C)C)CC1. The minimum atomic E-state index is -0.456. The van der Waals surface area contributed by atoms with Crippen molar-refractivity contribution in [3.63, 3.8) is 0 Å². The van der Waals surface area contributed by atoms with Crippen LogP contribution < -0.4 is 5.73 Å². The highest BCUT2D eigenvalue weighted by Gasteiger charge is 2.29. The summed E-state index contributed by atoms with van der Waals surface area (Å²) in [6.07, 6.45) is 3.74. The van der Waals surface area contributed by atoms with Crippen molar-refractivity contribution in [2.45, 2.75) is 58.2 Å². The fourth-order valence-corrected chi connectivity index (χ4v) is 3.40. The van der Waals surface area contributed by atoms with Gasteiger partial charge in [0.05, 0.1) is 0 Å². The molecule has 5 nitrogen and oxygen atoms in total. The molecule has 0 bridgehead atoms. The number of carbonyl (C=O) groups excluding carboxylic acids is 1. The molecule has 0 aliphatic carbocycles. The van der Waals surface area contributed by atoms with Gasteiger partial charge in [0.1, 0.15) is 5.60 Å². The predicted molar refractivity (Wildman–Crippen MR) is 111 cm³/mol. The Morgan fingerprint density at radius 1 is 1.19 bits per heavy atom. The number of amides is 1. The van der Waals surface area contributed by atoms with E-state index in [4.69, 9.17) is 10.5 Å². The lowest BCUT2D eigenvalue weighted by atomic mass is 9.97. The number of hydrogen-bond acceptors (Lipinski definition) is 4. The maximum Gasteiger partial charge on any atom is 0.410 e. The van der Waals surface area contributed by atoms with Gasteiger partial charge in [0, 0.05) is 38.3 Å². The molecule has 1 aliphatic rings. The van der Waals surface area contributed by atoms with Crippen molar-refractivity contribution in [1.29, 1.82) is 0 Å². The van der Waals surface area contributed by atoms with Crippen LogP contribution in [0.25, 0.3) is 0 Å². The number of piperazine rings is 1. The molecule has 2 atom stereocenters. The molecule has 5 heteroatoms. The number of rotatable bonds is 6. The van der Waals surface area contributed by atoms with Crippen LogP contribution in [-0.2, 0) is 4.74 Å². The van der Waals surface area contributed by atoms with E-state index in [1.165, 1.54) is 5.56 Å². The van der Waals surface area contributed by atoms with Crippen LogP contribution in [0.4, 0.5) is 4.79 Å². The molecule has 1 aliphatic heterocycles. The topological polar surface area (TPSA) is 58.8 Å². The van der Waals surface area contributed by atoms with E-state index in [0.717, 1.165) is 31.5 Å². The number of benzene rings is 1. The Morgan fingerprint density at radius 2 is 1.74 bits per heavy atom. The Balaban J connectivity index is 2.03. The number of ether oxygens (including phenoxy) is 1. The van der Waals surface area contributed by atoms with Crippen LogP contribution in [-0.4, -0.2) is 47.7 Å². The molecular formula is C22H35N3O2. The lowest BCUT2D eigenvalue weighted by molar-refractivity contribution is 0.00978. The predicted octanol–water partition coefficient (Wildman–Crippen LogP) is 4.27. The lowest BCUT2D eigenvalue weighted by Crippen LogP contribution is -2.50. The van der Waals surface area contributed by atoms with Crippen molar-refractivity contribution in [3.05, 3.63) is 48.0 Å². The van der Waals surface area contributed by atoms with Crippen molar-refractivity contribution >= 4 is 6.09 Å². The van der Waals surface area contributed by atoms with Crippen molar-refractivity contribution < 1.29 is 9.53 Å². The third kappa shape index (κ3) is 6.36. The first-order valence-electron chi connectivity index (χ1n) is 9.89. The largest absolute Gasteiger partial charge is 0.444 e. The first-order chi connectivity index (χ1) is 12.7. The van der Waals surface area contributed by atoms with E-state index in [-0.39, 0.29) is 12.1 Å². The molecule has 1 unspecified atom stereocenters. The average molecular weight is 374 g/mol. The van der Waals surface area contributed by atoms with Crippen LogP contribution in [0.15, 0.2) is 36.9 Å². The van der Waals surface area contributed by atoms with E-state index in [1.54, 1.807) is 0 Å². The molecule has 150 valence electrons. The van der Waals surface area contributed by atoms with Crippen LogP contribution in [0.5, 0.6) is 0 Å². The van der Waals surface area contributed by atoms with Crippen molar-refractivity contribution in [2.75, 3.05) is 26.2 Å². The van der Waals surface area contributed by atoms with Crippen LogP contribution >= 0.6 is 0 Å². The van der Waals surface area contributed by atoms with Gasteiger partial charge in [0.2, 0.25) is 0 Å². The monoisotopic (exact) mass is 373 g/mol. The second-order valence-corrected chi connectivity index (χ2v) is 8.34. The molecule has 1 heterocycles. The van der Waals surface area contributed by atoms with E-state index < -0.39 is 5.60 Å². The minimum absolute atomic E-state index is 0.0445. The Hall–Kier alpha value is -1.85. The molecule has 1 saturated heterocycles. The van der Waals surface area contributed by atoms with E-state index >= 15 is 0 Å². The lowest BCUT2D eigenvalue weighted by Gasteiger charge is -2.40. The van der Waals surface area contributed by atoms with Gasteiger partial charge < -0.3 is 15.4 Å². The number of nitrogens with two attached hydrogens (primary N) is 1. The second kappa shape index (κ2) is 9.38. The van der Waals surface area contributed by atoms with Gasteiger partial charge in [-0.15, -0.1) is 6.58 Å². The first kappa shape index (κ1) is 21.5. The summed E-state index contributed by atoms with van der Waals surface area (Å²) < 4.78 is 5.50. The molecule has 2 rings (SSSR count). The van der Waals surface area contributed by atoms with Gasteiger partial charge in [-0.05, 0) is 51.7 Å². The van der Waals surface area contributed by atoms with Gasteiger partial charge in [-0.2, -0.15) is 0 Å². The summed E-state index contributed by atoms with van der Waals surface area (Å²) in [6.45, 7) is 14.6. The Bertz CT molecular complexity index is 611. The highest BCUT2D eigenvalue weighted by atomic mass is 16.6. The summed E-state index contributed by atoms with van der Waals surface area (Å²) >= 11 is 0. The van der Waals surface area contributed by atoms with Crippen molar-refractivity contribution in [3.8, 4) is 0 Å². The van der Waals surface area contributed by atoms with Gasteiger partial charge in [-0.3, -0.25) is 4.90 Å². The normalized spacial score (nSPS) is 18.0. The zero-order valence-electron chi connectivity index (χ0n) is 17.3. The number of allylic oxidation sites excluding steroid dienone is 1. The quantitative estimate of drug-likeness (QED) is 0.757. The molecule has 1 amide bonds. The highest BCUT2D eigenvalue weighted by Crippen LogP contribution is 2.28.